The molecule has 1 nitrogen and oxygen atoms in total. The van der Waals surface area contributed by atoms with Gasteiger partial charge in [-0.2, -0.15) is 0 Å². The first kappa shape index (κ1) is 12.1. The molecule has 2 heteroatoms. The molecule has 0 radical (unpaired) electrons. The molecule has 0 atom stereocenters. The maximum atomic E-state index is 4.44. The van der Waals surface area contributed by atoms with Crippen molar-refractivity contribution < 1.29 is 0 Å². The van der Waals surface area contributed by atoms with Gasteiger partial charge in [-0.1, -0.05) is 43.8 Å². The summed E-state index contributed by atoms with van der Waals surface area (Å²) in [4.78, 5) is 5.71. The van der Waals surface area contributed by atoms with E-state index in [1.165, 1.54) is 20.7 Å². The lowest BCUT2D eigenvalue weighted by Crippen LogP contribution is -1.79. The summed E-state index contributed by atoms with van der Waals surface area (Å²) in [5.41, 5.74) is 4.86. The van der Waals surface area contributed by atoms with Gasteiger partial charge in [0.05, 0.1) is 10.2 Å². The molecule has 0 unspecified atom stereocenters. The number of pyridine rings is 1. The molecule has 0 spiro atoms. The van der Waals surface area contributed by atoms with E-state index in [0.29, 0.717) is 0 Å². The van der Waals surface area contributed by atoms with Crippen LogP contribution in [0.5, 0.6) is 0 Å². The summed E-state index contributed by atoms with van der Waals surface area (Å²) < 4.78 is 1.22. The Kier molecular flexibility index (Phi) is 3.18. The maximum absolute atomic E-state index is 4.44. The molecule has 3 aromatic rings. The van der Waals surface area contributed by atoms with Crippen LogP contribution in [-0.4, -0.2) is 4.98 Å². The molecule has 0 fully saturated rings. The van der Waals surface area contributed by atoms with Crippen molar-refractivity contribution in [1.29, 1.82) is 0 Å². The summed E-state index contributed by atoms with van der Waals surface area (Å²) in [5, 5.41) is 0. The van der Waals surface area contributed by atoms with Crippen molar-refractivity contribution in [3.63, 3.8) is 0 Å². The summed E-state index contributed by atoms with van der Waals surface area (Å²) in [6.45, 7) is 6.05. The summed E-state index contributed by atoms with van der Waals surface area (Å²) in [6.07, 6.45) is 4.81. The molecule has 19 heavy (non-hydrogen) atoms. The highest BCUT2D eigenvalue weighted by molar-refractivity contribution is 7.22. The van der Waals surface area contributed by atoms with Gasteiger partial charge in [0.1, 0.15) is 0 Å². The number of aryl methyl sites for hydroxylation is 1. The van der Waals surface area contributed by atoms with Gasteiger partial charge in [-0.15, -0.1) is 11.3 Å². The Morgan fingerprint density at radius 2 is 2.16 bits per heavy atom. The SMILES string of the molecule is C=Cc1ccnc2cc(-c3cccc(CC)c3)sc12. The van der Waals surface area contributed by atoms with Crippen LogP contribution in [0.3, 0.4) is 0 Å². The topological polar surface area (TPSA) is 12.9 Å². The summed E-state index contributed by atoms with van der Waals surface area (Å²) in [5.74, 6) is 0. The zero-order valence-corrected chi connectivity index (χ0v) is 11.7. The number of benzene rings is 1. The molecule has 0 bridgehead atoms. The molecular weight excluding hydrogens is 250 g/mol. The molecule has 0 aliphatic carbocycles. The Morgan fingerprint density at radius 1 is 1.26 bits per heavy atom. The first-order valence-corrected chi connectivity index (χ1v) is 7.23. The Hall–Kier alpha value is -1.93. The average molecular weight is 265 g/mol. The van der Waals surface area contributed by atoms with Gasteiger partial charge in [0.25, 0.3) is 0 Å². The molecule has 0 aliphatic rings. The molecule has 0 aliphatic heterocycles. The Labute approximate surface area is 117 Å². The molecular formula is C17H15NS. The van der Waals surface area contributed by atoms with Gasteiger partial charge >= 0.3 is 0 Å². The molecule has 2 heterocycles. The van der Waals surface area contributed by atoms with Crippen molar-refractivity contribution >= 4 is 27.6 Å². The number of rotatable bonds is 3. The van der Waals surface area contributed by atoms with E-state index in [4.69, 9.17) is 0 Å². The lowest BCUT2D eigenvalue weighted by atomic mass is 10.1. The van der Waals surface area contributed by atoms with Crippen LogP contribution in [0.4, 0.5) is 0 Å². The normalized spacial score (nSPS) is 10.8. The monoisotopic (exact) mass is 265 g/mol. The average Bonchev–Trinajstić information content (AvgIpc) is 2.91. The van der Waals surface area contributed by atoms with E-state index in [2.05, 4.69) is 48.8 Å². The number of aromatic nitrogens is 1. The lowest BCUT2D eigenvalue weighted by Gasteiger charge is -2.00. The fraction of sp³-hybridized carbons (Fsp3) is 0.118. The maximum Gasteiger partial charge on any atom is 0.0822 e. The van der Waals surface area contributed by atoms with Gasteiger partial charge in [-0.25, -0.2) is 0 Å². The van der Waals surface area contributed by atoms with Crippen molar-refractivity contribution in [3.8, 4) is 10.4 Å². The van der Waals surface area contributed by atoms with Crippen LogP contribution in [0.1, 0.15) is 18.1 Å². The van der Waals surface area contributed by atoms with Crippen LogP contribution in [0.15, 0.2) is 49.2 Å². The standard InChI is InChI=1S/C17H15NS/c1-3-12-6-5-7-14(10-12)16-11-15-17(19-16)13(4-2)8-9-18-15/h4-11H,2-3H2,1H3. The molecule has 94 valence electrons. The fourth-order valence-corrected chi connectivity index (χ4v) is 3.33. The first-order chi connectivity index (χ1) is 9.31. The van der Waals surface area contributed by atoms with Gasteiger partial charge in [0, 0.05) is 11.1 Å². The van der Waals surface area contributed by atoms with Crippen LogP contribution in [0.2, 0.25) is 0 Å². The van der Waals surface area contributed by atoms with Gasteiger partial charge in [0.2, 0.25) is 0 Å². The van der Waals surface area contributed by atoms with Crippen molar-refractivity contribution in [2.24, 2.45) is 0 Å². The van der Waals surface area contributed by atoms with Crippen LogP contribution < -0.4 is 0 Å². The van der Waals surface area contributed by atoms with Crippen molar-refractivity contribution in [1.82, 2.24) is 4.98 Å². The van der Waals surface area contributed by atoms with E-state index in [-0.39, 0.29) is 0 Å². The zero-order valence-electron chi connectivity index (χ0n) is 10.9. The van der Waals surface area contributed by atoms with Gasteiger partial charge in [0.15, 0.2) is 0 Å². The molecule has 0 amide bonds. The second-order valence-corrected chi connectivity index (χ2v) is 5.54. The third-order valence-electron chi connectivity index (χ3n) is 3.28. The Bertz CT molecular complexity index is 740. The molecule has 0 N–H and O–H groups in total. The summed E-state index contributed by atoms with van der Waals surface area (Å²) in [6, 6.07) is 12.9. The van der Waals surface area contributed by atoms with E-state index >= 15 is 0 Å². The van der Waals surface area contributed by atoms with Gasteiger partial charge < -0.3 is 0 Å². The summed E-state index contributed by atoms with van der Waals surface area (Å²) in [7, 11) is 0. The van der Waals surface area contributed by atoms with Gasteiger partial charge in [-0.05, 0) is 35.2 Å². The minimum atomic E-state index is 1.05. The fourth-order valence-electron chi connectivity index (χ4n) is 2.21. The molecule has 3 rings (SSSR count). The van der Waals surface area contributed by atoms with Crippen LogP contribution in [-0.2, 0) is 6.42 Å². The molecule has 1 aromatic carbocycles. The summed E-state index contributed by atoms with van der Waals surface area (Å²) >= 11 is 1.79. The van der Waals surface area contributed by atoms with E-state index in [9.17, 15) is 0 Å². The van der Waals surface area contributed by atoms with Crippen molar-refractivity contribution in [3.05, 3.63) is 60.3 Å². The largest absolute Gasteiger partial charge is 0.255 e. The number of fused-ring (bicyclic) bond motifs is 1. The van der Waals surface area contributed by atoms with Crippen LogP contribution in [0, 0.1) is 0 Å². The second kappa shape index (κ2) is 4.98. The van der Waals surface area contributed by atoms with Gasteiger partial charge in [-0.3, -0.25) is 4.98 Å². The van der Waals surface area contributed by atoms with E-state index in [1.54, 1.807) is 11.3 Å². The Morgan fingerprint density at radius 3 is 2.95 bits per heavy atom. The highest BCUT2D eigenvalue weighted by Crippen LogP contribution is 2.35. The number of thiophene rings is 1. The second-order valence-electron chi connectivity index (χ2n) is 4.48. The van der Waals surface area contributed by atoms with Crippen LogP contribution >= 0.6 is 11.3 Å². The molecule has 0 saturated carbocycles. The Balaban J connectivity index is 2.17. The predicted octanol–water partition coefficient (Wildman–Crippen LogP) is 5.17. The van der Waals surface area contributed by atoms with E-state index < -0.39 is 0 Å². The molecule has 2 aromatic heterocycles. The third kappa shape index (κ3) is 2.20. The smallest absolute Gasteiger partial charge is 0.0822 e. The highest BCUT2D eigenvalue weighted by Gasteiger charge is 2.07. The zero-order chi connectivity index (χ0) is 13.2. The van der Waals surface area contributed by atoms with E-state index in [0.717, 1.165) is 17.5 Å². The predicted molar refractivity (Wildman–Crippen MR) is 84.5 cm³/mol. The van der Waals surface area contributed by atoms with Crippen LogP contribution in [0.25, 0.3) is 26.7 Å². The number of hydrogen-bond donors (Lipinski definition) is 0. The quantitative estimate of drug-likeness (QED) is 0.636. The number of nitrogens with zero attached hydrogens (tertiary/aromatic N) is 1. The van der Waals surface area contributed by atoms with E-state index in [1.807, 2.05) is 18.3 Å². The lowest BCUT2D eigenvalue weighted by molar-refractivity contribution is 1.14. The highest BCUT2D eigenvalue weighted by atomic mass is 32.1. The number of hydrogen-bond acceptors (Lipinski definition) is 2. The molecule has 0 saturated heterocycles. The first-order valence-electron chi connectivity index (χ1n) is 6.42. The van der Waals surface area contributed by atoms with Crippen molar-refractivity contribution in [2.75, 3.05) is 0 Å². The third-order valence-corrected chi connectivity index (χ3v) is 4.50. The minimum absolute atomic E-state index is 1.05. The minimum Gasteiger partial charge on any atom is -0.255 e. The van der Waals surface area contributed by atoms with Crippen molar-refractivity contribution in [2.45, 2.75) is 13.3 Å².